The summed E-state index contributed by atoms with van der Waals surface area (Å²) in [4.78, 5) is 0. The Labute approximate surface area is 99.6 Å². The summed E-state index contributed by atoms with van der Waals surface area (Å²) in [6.45, 7) is 8.44. The summed E-state index contributed by atoms with van der Waals surface area (Å²) in [6, 6.07) is 0. The number of aliphatic hydroxyl groups excluding tert-OH is 1. The molecule has 0 aromatic carbocycles. The molecule has 0 amide bonds. The van der Waals surface area contributed by atoms with Crippen LogP contribution in [-0.4, -0.2) is 36.5 Å². The summed E-state index contributed by atoms with van der Waals surface area (Å²) in [7, 11) is 0. The van der Waals surface area contributed by atoms with Crippen molar-refractivity contribution in [3.63, 3.8) is 0 Å². The smallest absolute Gasteiger partial charge is 0.0897 e. The zero-order valence-electron chi connectivity index (χ0n) is 11.0. The fraction of sp³-hybridized carbons (Fsp3) is 1.00. The summed E-state index contributed by atoms with van der Waals surface area (Å²) in [5.74, 6) is 0.775. The van der Waals surface area contributed by atoms with E-state index in [1.807, 2.05) is 0 Å². The van der Waals surface area contributed by atoms with Crippen LogP contribution in [0.25, 0.3) is 0 Å². The van der Waals surface area contributed by atoms with E-state index in [2.05, 4.69) is 26.1 Å². The van der Waals surface area contributed by atoms with Crippen LogP contribution in [0.1, 0.15) is 46.5 Å². The number of β-amino-alcohol motifs (C(OH)–C–C–N with tert-alkyl or cyclic N) is 1. The van der Waals surface area contributed by atoms with Crippen molar-refractivity contribution in [2.24, 2.45) is 5.92 Å². The summed E-state index contributed by atoms with van der Waals surface area (Å²) in [5.41, 5.74) is 0.117. The molecule has 1 aliphatic carbocycles. The minimum Gasteiger partial charge on any atom is -0.389 e. The van der Waals surface area contributed by atoms with Crippen molar-refractivity contribution in [1.82, 2.24) is 5.32 Å². The van der Waals surface area contributed by atoms with Crippen LogP contribution >= 0.6 is 0 Å². The topological polar surface area (TPSA) is 41.5 Å². The molecule has 1 fully saturated rings. The second-order valence-electron chi connectivity index (χ2n) is 5.65. The molecule has 0 saturated heterocycles. The van der Waals surface area contributed by atoms with Crippen LogP contribution in [0.2, 0.25) is 0 Å². The quantitative estimate of drug-likeness (QED) is 0.635. The van der Waals surface area contributed by atoms with E-state index in [0.717, 1.165) is 25.4 Å². The van der Waals surface area contributed by atoms with Gasteiger partial charge in [-0.3, -0.25) is 0 Å². The lowest BCUT2D eigenvalue weighted by Gasteiger charge is -2.27. The van der Waals surface area contributed by atoms with E-state index in [4.69, 9.17) is 4.74 Å². The lowest BCUT2D eigenvalue weighted by molar-refractivity contribution is 0.0290. The van der Waals surface area contributed by atoms with Crippen molar-refractivity contribution in [2.45, 2.75) is 58.1 Å². The monoisotopic (exact) mass is 229 g/mol. The lowest BCUT2D eigenvalue weighted by Crippen LogP contribution is -2.44. The van der Waals surface area contributed by atoms with Gasteiger partial charge in [0.2, 0.25) is 0 Å². The van der Waals surface area contributed by atoms with Gasteiger partial charge in [-0.1, -0.05) is 13.3 Å². The Morgan fingerprint density at radius 2 is 2.12 bits per heavy atom. The first-order valence-corrected chi connectivity index (χ1v) is 6.54. The molecule has 16 heavy (non-hydrogen) atoms. The molecule has 3 nitrogen and oxygen atoms in total. The molecule has 1 saturated carbocycles. The highest BCUT2D eigenvalue weighted by Gasteiger charge is 2.22. The number of hydrogen-bond donors (Lipinski definition) is 2. The molecule has 2 N–H and O–H groups in total. The average Bonchev–Trinajstić information content (AvgIpc) is 2.99. The molecule has 1 rings (SSSR count). The van der Waals surface area contributed by atoms with Gasteiger partial charge in [0.15, 0.2) is 0 Å². The van der Waals surface area contributed by atoms with Gasteiger partial charge in [-0.2, -0.15) is 0 Å². The van der Waals surface area contributed by atoms with Gasteiger partial charge < -0.3 is 15.2 Å². The van der Waals surface area contributed by atoms with Crippen LogP contribution in [0.3, 0.4) is 0 Å². The van der Waals surface area contributed by atoms with Crippen molar-refractivity contribution >= 4 is 0 Å². The number of nitrogens with one attached hydrogen (secondary N) is 1. The Morgan fingerprint density at radius 3 is 2.69 bits per heavy atom. The molecule has 0 heterocycles. The van der Waals surface area contributed by atoms with E-state index in [1.54, 1.807) is 0 Å². The normalized spacial score (nSPS) is 18.8. The van der Waals surface area contributed by atoms with Gasteiger partial charge in [0.25, 0.3) is 0 Å². The predicted octanol–water partition coefficient (Wildman–Crippen LogP) is 1.94. The van der Waals surface area contributed by atoms with Crippen molar-refractivity contribution in [2.75, 3.05) is 19.8 Å². The molecular weight excluding hydrogens is 202 g/mol. The van der Waals surface area contributed by atoms with Crippen molar-refractivity contribution < 1.29 is 9.84 Å². The molecule has 1 unspecified atom stereocenters. The Kier molecular flexibility index (Phi) is 5.73. The van der Waals surface area contributed by atoms with Crippen LogP contribution < -0.4 is 5.32 Å². The Morgan fingerprint density at radius 1 is 1.44 bits per heavy atom. The van der Waals surface area contributed by atoms with Gasteiger partial charge in [-0.05, 0) is 39.0 Å². The van der Waals surface area contributed by atoms with E-state index in [-0.39, 0.29) is 11.6 Å². The van der Waals surface area contributed by atoms with Gasteiger partial charge >= 0.3 is 0 Å². The lowest BCUT2D eigenvalue weighted by atomic mass is 9.99. The fourth-order valence-corrected chi connectivity index (χ4v) is 1.82. The molecule has 1 aliphatic rings. The van der Waals surface area contributed by atoms with Crippen LogP contribution in [0.5, 0.6) is 0 Å². The zero-order valence-corrected chi connectivity index (χ0v) is 11.0. The maximum Gasteiger partial charge on any atom is 0.0897 e. The Hall–Kier alpha value is -0.120. The summed E-state index contributed by atoms with van der Waals surface area (Å²) in [6.07, 6.45) is 4.52. The molecule has 3 heteroatoms. The summed E-state index contributed by atoms with van der Waals surface area (Å²) >= 11 is 0. The third-order valence-electron chi connectivity index (χ3n) is 3.05. The predicted molar refractivity (Wildman–Crippen MR) is 66.5 cm³/mol. The highest BCUT2D eigenvalue weighted by molar-refractivity contribution is 4.78. The largest absolute Gasteiger partial charge is 0.389 e. The molecule has 0 aromatic heterocycles. The molecule has 1 atom stereocenters. The highest BCUT2D eigenvalue weighted by Crippen LogP contribution is 2.28. The maximum absolute atomic E-state index is 9.73. The van der Waals surface area contributed by atoms with Crippen LogP contribution in [0.4, 0.5) is 0 Å². The SMILES string of the molecule is CCCC(C)(C)NCC(O)COCC1CC1. The molecule has 96 valence electrons. The first-order chi connectivity index (χ1) is 7.53. The van der Waals surface area contributed by atoms with E-state index < -0.39 is 0 Å². The van der Waals surface area contributed by atoms with Gasteiger partial charge in [-0.15, -0.1) is 0 Å². The molecular formula is C13H27NO2. The minimum atomic E-state index is -0.380. The number of aliphatic hydroxyl groups is 1. The number of rotatable bonds is 9. The standard InChI is InChI=1S/C13H27NO2/c1-4-7-13(2,3)14-8-12(15)10-16-9-11-5-6-11/h11-12,14-15H,4-10H2,1-3H3. The van der Waals surface area contributed by atoms with Crippen molar-refractivity contribution in [1.29, 1.82) is 0 Å². The van der Waals surface area contributed by atoms with Crippen molar-refractivity contribution in [3.05, 3.63) is 0 Å². The van der Waals surface area contributed by atoms with E-state index in [0.29, 0.717) is 13.2 Å². The second kappa shape index (κ2) is 6.58. The molecule has 0 aliphatic heterocycles. The molecule has 0 spiro atoms. The second-order valence-corrected chi connectivity index (χ2v) is 5.65. The van der Waals surface area contributed by atoms with Gasteiger partial charge in [0.05, 0.1) is 12.7 Å². The fourth-order valence-electron chi connectivity index (χ4n) is 1.82. The molecule has 0 radical (unpaired) electrons. The van der Waals surface area contributed by atoms with Gasteiger partial charge in [0, 0.05) is 18.7 Å². The molecule has 0 bridgehead atoms. The molecule has 0 aromatic rings. The first-order valence-electron chi connectivity index (χ1n) is 6.54. The van der Waals surface area contributed by atoms with E-state index >= 15 is 0 Å². The van der Waals surface area contributed by atoms with Gasteiger partial charge in [0.1, 0.15) is 0 Å². The van der Waals surface area contributed by atoms with Gasteiger partial charge in [-0.25, -0.2) is 0 Å². The third-order valence-corrected chi connectivity index (χ3v) is 3.05. The highest BCUT2D eigenvalue weighted by atomic mass is 16.5. The van der Waals surface area contributed by atoms with E-state index in [9.17, 15) is 5.11 Å². The number of ether oxygens (including phenoxy) is 1. The third kappa shape index (κ3) is 6.46. The minimum absolute atomic E-state index is 0.117. The average molecular weight is 229 g/mol. The maximum atomic E-state index is 9.73. The first kappa shape index (κ1) is 13.9. The van der Waals surface area contributed by atoms with E-state index in [1.165, 1.54) is 12.8 Å². The van der Waals surface area contributed by atoms with Crippen LogP contribution in [0, 0.1) is 5.92 Å². The zero-order chi connectivity index (χ0) is 12.0. The summed E-state index contributed by atoms with van der Waals surface area (Å²) in [5, 5.41) is 13.1. The Bertz CT molecular complexity index is 190. The van der Waals surface area contributed by atoms with Crippen LogP contribution in [0.15, 0.2) is 0 Å². The Balaban J connectivity index is 2.01. The van der Waals surface area contributed by atoms with Crippen molar-refractivity contribution in [3.8, 4) is 0 Å². The van der Waals surface area contributed by atoms with Crippen LogP contribution in [-0.2, 0) is 4.74 Å². The number of hydrogen-bond acceptors (Lipinski definition) is 3. The summed E-state index contributed by atoms with van der Waals surface area (Å²) < 4.78 is 5.45.